The number of hydrogen-bond acceptors (Lipinski definition) is 7. The van der Waals surface area contributed by atoms with Crippen molar-refractivity contribution >= 4 is 40.2 Å². The third-order valence-corrected chi connectivity index (χ3v) is 9.99. The molecule has 0 bridgehead atoms. The molecular weight excluding hydrogens is 510 g/mol. The number of fused-ring (bicyclic) bond motifs is 1. The molecule has 1 atom stereocenters. The Morgan fingerprint density at radius 1 is 1.30 bits per heavy atom. The first kappa shape index (κ1) is 28.4. The lowest BCUT2D eigenvalue weighted by molar-refractivity contribution is -0.143. The molecule has 1 unspecified atom stereocenters. The highest BCUT2D eigenvalue weighted by molar-refractivity contribution is 7.99. The minimum absolute atomic E-state index is 0.349. The summed E-state index contributed by atoms with van der Waals surface area (Å²) >= 11 is 8.61. The van der Waals surface area contributed by atoms with Crippen molar-refractivity contribution in [3.8, 4) is 5.75 Å². The van der Waals surface area contributed by atoms with E-state index in [1.54, 1.807) is 13.3 Å². The molecule has 204 valence electrons. The maximum Gasteiger partial charge on any atom is 0.249 e. The summed E-state index contributed by atoms with van der Waals surface area (Å²) in [5.41, 5.74) is 2.51. The Morgan fingerprint density at radius 2 is 2.05 bits per heavy atom. The summed E-state index contributed by atoms with van der Waals surface area (Å²) in [5, 5.41) is 22.7. The first-order valence-corrected chi connectivity index (χ1v) is 15.0. The number of aromatic nitrogens is 1. The third-order valence-electron chi connectivity index (χ3n) is 8.22. The number of carbonyl (C=O) groups excluding carboxylic acids is 1. The molecule has 2 heterocycles. The highest BCUT2D eigenvalue weighted by atomic mass is 35.5. The summed E-state index contributed by atoms with van der Waals surface area (Å²) < 4.78 is 5.35. The Balaban J connectivity index is 1.34. The molecule has 9 heteroatoms. The second-order valence-electron chi connectivity index (χ2n) is 10.5. The molecule has 2 aromatic rings. The number of nitrogens with one attached hydrogen (secondary N) is 1. The normalized spacial score (nSPS) is 19.6. The van der Waals surface area contributed by atoms with Crippen LogP contribution in [-0.4, -0.2) is 63.9 Å². The van der Waals surface area contributed by atoms with Gasteiger partial charge in [-0.05, 0) is 88.5 Å². The Bertz CT molecular complexity index is 1040. The van der Waals surface area contributed by atoms with Gasteiger partial charge in [-0.1, -0.05) is 30.9 Å². The van der Waals surface area contributed by atoms with Crippen molar-refractivity contribution < 1.29 is 19.8 Å². The van der Waals surface area contributed by atoms with Crippen molar-refractivity contribution in [2.24, 2.45) is 5.41 Å². The number of thioether (sulfide) groups is 1. The first-order chi connectivity index (χ1) is 18.0. The van der Waals surface area contributed by atoms with Gasteiger partial charge >= 0.3 is 0 Å². The maximum atomic E-state index is 12.8. The van der Waals surface area contributed by atoms with Gasteiger partial charge in [0.25, 0.3) is 0 Å². The Labute approximate surface area is 229 Å². The summed E-state index contributed by atoms with van der Waals surface area (Å²) in [6, 6.07) is 5.49. The highest BCUT2D eigenvalue weighted by Crippen LogP contribution is 2.41. The number of halogens is 1. The van der Waals surface area contributed by atoms with Crippen LogP contribution < -0.4 is 10.2 Å². The fourth-order valence-corrected chi connectivity index (χ4v) is 7.45. The van der Waals surface area contributed by atoms with Gasteiger partial charge in [-0.3, -0.25) is 15.0 Å². The van der Waals surface area contributed by atoms with E-state index in [1.165, 1.54) is 37.9 Å². The van der Waals surface area contributed by atoms with E-state index in [0.717, 1.165) is 42.2 Å². The second kappa shape index (κ2) is 13.5. The largest absolute Gasteiger partial charge is 0.497 e. The molecule has 1 saturated carbocycles. The van der Waals surface area contributed by atoms with Crippen LogP contribution in [0.1, 0.15) is 75.9 Å². The lowest BCUT2D eigenvalue weighted by atomic mass is 9.73. The van der Waals surface area contributed by atoms with Gasteiger partial charge in [0.05, 0.1) is 29.2 Å². The summed E-state index contributed by atoms with van der Waals surface area (Å²) in [6.07, 6.45) is 10.8. The number of nitrogens with zero attached hydrogens (tertiary/aromatic N) is 2. The number of ether oxygens (including phenoxy) is 1. The zero-order chi connectivity index (χ0) is 26.3. The maximum absolute atomic E-state index is 12.8. The predicted octanol–water partition coefficient (Wildman–Crippen LogP) is 5.75. The summed E-state index contributed by atoms with van der Waals surface area (Å²) in [7, 11) is 1.59. The van der Waals surface area contributed by atoms with E-state index >= 15 is 0 Å². The number of likely N-dealkylation sites (tertiary alicyclic amines) is 1. The molecular formula is C28H40ClN3O4S. The van der Waals surface area contributed by atoms with E-state index in [4.69, 9.17) is 16.3 Å². The van der Waals surface area contributed by atoms with Crippen LogP contribution in [0.15, 0.2) is 24.4 Å². The van der Waals surface area contributed by atoms with E-state index < -0.39 is 11.5 Å². The van der Waals surface area contributed by atoms with Crippen LogP contribution in [0.2, 0.25) is 5.02 Å². The van der Waals surface area contributed by atoms with Gasteiger partial charge in [0.2, 0.25) is 5.91 Å². The molecule has 0 spiro atoms. The van der Waals surface area contributed by atoms with Gasteiger partial charge in [0, 0.05) is 22.4 Å². The first-order valence-electron chi connectivity index (χ1n) is 13.5. The van der Waals surface area contributed by atoms with Crippen LogP contribution in [0.3, 0.4) is 0 Å². The van der Waals surface area contributed by atoms with E-state index in [0.29, 0.717) is 42.0 Å². The molecule has 4 rings (SSSR count). The number of amides is 1. The molecule has 1 aliphatic carbocycles. The summed E-state index contributed by atoms with van der Waals surface area (Å²) in [6.45, 7) is 2.67. The Kier molecular flexibility index (Phi) is 10.4. The van der Waals surface area contributed by atoms with Gasteiger partial charge in [-0.15, -0.1) is 0 Å². The standard InChI is InChI=1S/C28H40ClN3O4S/c1-36-20-8-9-24-22(18-20)26(23(29)19-30-24)25(33)10-11-28(27(34)31-35)12-15-32(16-13-28)14-5-17-37-21-6-3-2-4-7-21/h8-9,18-19,21,25,33,35H,2-7,10-17H2,1H3,(H,31,34). The lowest BCUT2D eigenvalue weighted by Gasteiger charge is -2.40. The molecule has 0 radical (unpaired) electrons. The number of aliphatic hydroxyl groups is 1. The minimum Gasteiger partial charge on any atom is -0.497 e. The van der Waals surface area contributed by atoms with Crippen molar-refractivity contribution in [3.05, 3.63) is 35.0 Å². The van der Waals surface area contributed by atoms with Crippen LogP contribution in [0.5, 0.6) is 5.75 Å². The van der Waals surface area contributed by atoms with E-state index in [9.17, 15) is 15.1 Å². The monoisotopic (exact) mass is 549 g/mol. The fourth-order valence-electron chi connectivity index (χ4n) is 5.87. The molecule has 2 fully saturated rings. The molecule has 3 N–H and O–H groups in total. The summed E-state index contributed by atoms with van der Waals surface area (Å²) in [4.78, 5) is 19.6. The van der Waals surface area contributed by atoms with Crippen molar-refractivity contribution in [1.29, 1.82) is 0 Å². The number of pyridine rings is 1. The number of aliphatic hydroxyl groups excluding tert-OH is 1. The Hall–Kier alpha value is -1.58. The van der Waals surface area contributed by atoms with E-state index in [2.05, 4.69) is 21.6 Å². The molecule has 1 aromatic heterocycles. The smallest absolute Gasteiger partial charge is 0.249 e. The van der Waals surface area contributed by atoms with Crippen LogP contribution in [0.25, 0.3) is 10.9 Å². The zero-order valence-corrected chi connectivity index (χ0v) is 23.3. The highest BCUT2D eigenvalue weighted by Gasteiger charge is 2.41. The van der Waals surface area contributed by atoms with Gasteiger partial charge in [-0.25, -0.2) is 5.48 Å². The SMILES string of the molecule is COc1ccc2ncc(Cl)c(C(O)CCC3(C(=O)NO)CCN(CCCSC4CCCCC4)CC3)c2c1. The number of piperidine rings is 1. The predicted molar refractivity (Wildman–Crippen MR) is 149 cm³/mol. The molecule has 2 aliphatic rings. The number of hydrogen-bond donors (Lipinski definition) is 3. The van der Waals surface area contributed by atoms with Crippen molar-refractivity contribution in [2.75, 3.05) is 32.5 Å². The van der Waals surface area contributed by atoms with Crippen molar-refractivity contribution in [1.82, 2.24) is 15.4 Å². The number of hydroxylamine groups is 1. The fraction of sp³-hybridized carbons (Fsp3) is 0.643. The molecule has 1 aliphatic heterocycles. The number of carbonyl (C=O) groups is 1. The average Bonchev–Trinajstić information content (AvgIpc) is 2.94. The third kappa shape index (κ3) is 7.09. The van der Waals surface area contributed by atoms with Gasteiger partial charge in [0.1, 0.15) is 5.75 Å². The number of methoxy groups -OCH3 is 1. The van der Waals surface area contributed by atoms with Crippen LogP contribution in [0.4, 0.5) is 0 Å². The zero-order valence-electron chi connectivity index (χ0n) is 21.8. The van der Waals surface area contributed by atoms with Crippen LogP contribution in [-0.2, 0) is 4.79 Å². The Morgan fingerprint density at radius 3 is 2.76 bits per heavy atom. The molecule has 37 heavy (non-hydrogen) atoms. The van der Waals surface area contributed by atoms with Crippen molar-refractivity contribution in [2.45, 2.75) is 75.6 Å². The average molecular weight is 550 g/mol. The van der Waals surface area contributed by atoms with Crippen molar-refractivity contribution in [3.63, 3.8) is 0 Å². The quantitative estimate of drug-likeness (QED) is 0.186. The van der Waals surface area contributed by atoms with Crippen LogP contribution in [0, 0.1) is 5.41 Å². The second-order valence-corrected chi connectivity index (χ2v) is 12.3. The van der Waals surface area contributed by atoms with Gasteiger partial charge in [-0.2, -0.15) is 11.8 Å². The molecule has 1 saturated heterocycles. The van der Waals surface area contributed by atoms with Gasteiger partial charge < -0.3 is 14.7 Å². The van der Waals surface area contributed by atoms with E-state index in [1.807, 2.05) is 23.7 Å². The number of benzene rings is 1. The van der Waals surface area contributed by atoms with Crippen LogP contribution >= 0.6 is 23.4 Å². The lowest BCUT2D eigenvalue weighted by Crippen LogP contribution is -2.48. The molecule has 1 aromatic carbocycles. The number of rotatable bonds is 11. The van der Waals surface area contributed by atoms with E-state index in [-0.39, 0.29) is 5.91 Å². The molecule has 7 nitrogen and oxygen atoms in total. The molecule has 1 amide bonds. The summed E-state index contributed by atoms with van der Waals surface area (Å²) in [5.74, 6) is 1.49. The van der Waals surface area contributed by atoms with Gasteiger partial charge in [0.15, 0.2) is 0 Å². The minimum atomic E-state index is -0.872. The topological polar surface area (TPSA) is 94.9 Å².